The molecule has 0 N–H and O–H groups in total. The van der Waals surface area contributed by atoms with Crippen LogP contribution in [0.15, 0.2) is 30.3 Å². The molecule has 0 atom stereocenters. The first kappa shape index (κ1) is 13.1. The minimum Gasteiger partial charge on any atom is -1.00 e. The van der Waals surface area contributed by atoms with Crippen LogP contribution in [0.3, 0.4) is 0 Å². The molecule has 2 nitrogen and oxygen atoms in total. The zero-order chi connectivity index (χ0) is 6.69. The summed E-state index contributed by atoms with van der Waals surface area (Å²) in [6.45, 7) is 0. The number of benzene rings is 1. The van der Waals surface area contributed by atoms with Crippen LogP contribution in [0.4, 0.5) is 0 Å². The second kappa shape index (κ2) is 6.23. The predicted octanol–water partition coefficient (Wildman–Crippen LogP) is -2.95. The Morgan fingerprint density at radius 2 is 1.64 bits per heavy atom. The number of halogens is 1. The van der Waals surface area contributed by atoms with E-state index in [9.17, 15) is 9.90 Å². The molecule has 0 amide bonds. The Morgan fingerprint density at radius 3 is 1.91 bits per heavy atom. The summed E-state index contributed by atoms with van der Waals surface area (Å²) in [5, 5.41) is 10.1. The number of carbonyl (C=O) groups excluding carboxylic acids is 1. The van der Waals surface area contributed by atoms with Crippen molar-refractivity contribution in [1.82, 2.24) is 0 Å². The normalized spacial score (nSPS) is 7.27. The molecular formula is C7H5ClCuO2. The average Bonchev–Trinajstić information content (AvgIpc) is 1.90. The second-order valence-corrected chi connectivity index (χ2v) is 1.65. The number of hydrogen-bond acceptors (Lipinski definition) is 2. The van der Waals surface area contributed by atoms with E-state index in [0.29, 0.717) is 0 Å². The van der Waals surface area contributed by atoms with Crippen LogP contribution in [0.1, 0.15) is 10.4 Å². The number of aromatic carboxylic acids is 1. The van der Waals surface area contributed by atoms with Crippen molar-refractivity contribution >= 4 is 5.97 Å². The van der Waals surface area contributed by atoms with Crippen LogP contribution in [0, 0.1) is 0 Å². The third-order valence-electron chi connectivity index (χ3n) is 1.01. The van der Waals surface area contributed by atoms with Gasteiger partial charge in [0.15, 0.2) is 0 Å². The van der Waals surface area contributed by atoms with Crippen LogP contribution >= 0.6 is 0 Å². The molecule has 1 aromatic carbocycles. The van der Waals surface area contributed by atoms with Gasteiger partial charge in [-0.3, -0.25) is 0 Å². The van der Waals surface area contributed by atoms with Gasteiger partial charge in [-0.25, -0.2) is 0 Å². The molecule has 0 saturated carbocycles. The molecule has 4 heteroatoms. The first-order valence-corrected chi connectivity index (χ1v) is 2.57. The van der Waals surface area contributed by atoms with Crippen molar-refractivity contribution in [2.45, 2.75) is 0 Å². The van der Waals surface area contributed by atoms with Gasteiger partial charge in [0.05, 0.1) is 5.97 Å². The van der Waals surface area contributed by atoms with Gasteiger partial charge < -0.3 is 22.3 Å². The molecule has 0 heterocycles. The molecule has 0 saturated heterocycles. The molecule has 0 aliphatic carbocycles. The third-order valence-corrected chi connectivity index (χ3v) is 1.01. The number of carboxylic acid groups (broad SMARTS) is 1. The molecule has 1 aromatic rings. The van der Waals surface area contributed by atoms with E-state index in [2.05, 4.69) is 0 Å². The quantitative estimate of drug-likeness (QED) is 0.475. The van der Waals surface area contributed by atoms with E-state index < -0.39 is 5.97 Å². The molecule has 11 heavy (non-hydrogen) atoms. The molecule has 0 fully saturated rings. The van der Waals surface area contributed by atoms with Gasteiger partial charge in [-0.1, -0.05) is 30.3 Å². The van der Waals surface area contributed by atoms with Crippen LogP contribution in [0.25, 0.3) is 0 Å². The fourth-order valence-electron chi connectivity index (χ4n) is 0.574. The van der Waals surface area contributed by atoms with E-state index in [1.54, 1.807) is 18.2 Å². The average molecular weight is 220 g/mol. The van der Waals surface area contributed by atoms with Crippen LogP contribution in [0.2, 0.25) is 0 Å². The fourth-order valence-corrected chi connectivity index (χ4v) is 0.574. The topological polar surface area (TPSA) is 40.1 Å². The van der Waals surface area contributed by atoms with Crippen molar-refractivity contribution in [3.63, 3.8) is 0 Å². The van der Waals surface area contributed by atoms with Crippen molar-refractivity contribution in [1.29, 1.82) is 0 Å². The van der Waals surface area contributed by atoms with Crippen LogP contribution in [-0.4, -0.2) is 5.97 Å². The SMILES string of the molecule is O=C([O-])c1ccccc1.[Cl-].[Cu+2]. The minimum absolute atomic E-state index is 0. The zero-order valence-corrected chi connectivity index (χ0v) is 7.08. The molecule has 63 valence electrons. The van der Waals surface area contributed by atoms with Gasteiger partial charge in [0.2, 0.25) is 0 Å². The second-order valence-electron chi connectivity index (χ2n) is 1.65. The van der Waals surface area contributed by atoms with E-state index >= 15 is 0 Å². The van der Waals surface area contributed by atoms with E-state index in [1.807, 2.05) is 0 Å². The van der Waals surface area contributed by atoms with Crippen LogP contribution in [0.5, 0.6) is 0 Å². The Balaban J connectivity index is 0. The minimum atomic E-state index is -1.13. The van der Waals surface area contributed by atoms with Gasteiger partial charge >= 0.3 is 17.1 Å². The maximum Gasteiger partial charge on any atom is 2.00 e. The molecule has 0 aliphatic heterocycles. The summed E-state index contributed by atoms with van der Waals surface area (Å²) in [6.07, 6.45) is 0. The maximum absolute atomic E-state index is 10.1. The summed E-state index contributed by atoms with van der Waals surface area (Å²) in [5.41, 5.74) is 0.220. The van der Waals surface area contributed by atoms with Crippen molar-refractivity contribution in [3.05, 3.63) is 35.9 Å². The van der Waals surface area contributed by atoms with Crippen molar-refractivity contribution in [2.75, 3.05) is 0 Å². The van der Waals surface area contributed by atoms with Gasteiger partial charge in [0.1, 0.15) is 0 Å². The fraction of sp³-hybridized carbons (Fsp3) is 0. The Labute approximate surface area is 81.5 Å². The van der Waals surface area contributed by atoms with Gasteiger partial charge in [0.25, 0.3) is 0 Å². The molecule has 0 aliphatic rings. The molecular weight excluding hydrogens is 215 g/mol. The van der Waals surface area contributed by atoms with E-state index in [4.69, 9.17) is 0 Å². The van der Waals surface area contributed by atoms with Gasteiger partial charge in [-0.2, -0.15) is 0 Å². The van der Waals surface area contributed by atoms with Crippen LogP contribution in [-0.2, 0) is 17.1 Å². The number of hydrogen-bond donors (Lipinski definition) is 0. The van der Waals surface area contributed by atoms with Crippen molar-refractivity contribution in [3.8, 4) is 0 Å². The largest absolute Gasteiger partial charge is 2.00 e. The van der Waals surface area contributed by atoms with E-state index in [1.165, 1.54) is 12.1 Å². The Morgan fingerprint density at radius 1 is 1.18 bits per heavy atom. The summed E-state index contributed by atoms with van der Waals surface area (Å²) in [7, 11) is 0. The van der Waals surface area contributed by atoms with Gasteiger partial charge in [0, 0.05) is 0 Å². The third kappa shape index (κ3) is 4.04. The number of carboxylic acids is 1. The Hall–Kier alpha value is -0.501. The number of carbonyl (C=O) groups is 1. The molecule has 1 rings (SSSR count). The van der Waals surface area contributed by atoms with E-state index in [-0.39, 0.29) is 35.0 Å². The summed E-state index contributed by atoms with van der Waals surface area (Å²) in [6, 6.07) is 8.06. The number of rotatable bonds is 1. The summed E-state index contributed by atoms with van der Waals surface area (Å²) >= 11 is 0. The van der Waals surface area contributed by atoms with Gasteiger partial charge in [-0.05, 0) is 5.56 Å². The standard InChI is InChI=1S/C7H6O2.ClH.Cu/c8-7(9)6-4-2-1-3-5-6;;/h1-5H,(H,8,9);1H;/q;;+2/p-2. The zero-order valence-electron chi connectivity index (χ0n) is 5.38. The first-order chi connectivity index (χ1) is 4.30. The summed E-state index contributed by atoms with van der Waals surface area (Å²) < 4.78 is 0. The molecule has 1 radical (unpaired) electrons. The van der Waals surface area contributed by atoms with Crippen LogP contribution < -0.4 is 17.5 Å². The van der Waals surface area contributed by atoms with Crippen molar-refractivity contribution < 1.29 is 39.4 Å². The Kier molecular flexibility index (Phi) is 7.42. The van der Waals surface area contributed by atoms with E-state index in [0.717, 1.165) is 0 Å². The molecule has 0 bridgehead atoms. The molecule has 0 spiro atoms. The van der Waals surface area contributed by atoms with Gasteiger partial charge in [-0.15, -0.1) is 0 Å². The summed E-state index contributed by atoms with van der Waals surface area (Å²) in [4.78, 5) is 10.1. The maximum atomic E-state index is 10.1. The predicted molar refractivity (Wildman–Crippen MR) is 30.8 cm³/mol. The summed E-state index contributed by atoms with van der Waals surface area (Å²) in [5.74, 6) is -1.13. The smallest absolute Gasteiger partial charge is 1.00 e. The monoisotopic (exact) mass is 219 g/mol. The Bertz CT molecular complexity index is 213. The molecule has 0 aromatic heterocycles. The van der Waals surface area contributed by atoms with Crippen molar-refractivity contribution in [2.24, 2.45) is 0 Å². The molecule has 0 unspecified atom stereocenters. The first-order valence-electron chi connectivity index (χ1n) is 2.57.